The third-order valence-electron chi connectivity index (χ3n) is 0.588. The maximum Gasteiger partial charge on any atom is 0.0499 e. The minimum absolute atomic E-state index is 0.733. The summed E-state index contributed by atoms with van der Waals surface area (Å²) in [4.78, 5) is 3.85. The number of hydrogen-bond acceptors (Lipinski definition) is 1. The number of aliphatic imine (C=N–C) groups is 1. The molecule has 0 unspecified atom stereocenters. The maximum absolute atomic E-state index is 3.85. The molecular weight excluding hydrogens is 74.1 g/mol. The lowest BCUT2D eigenvalue weighted by molar-refractivity contribution is 1.18. The van der Waals surface area contributed by atoms with E-state index in [1.807, 2.05) is 12.2 Å². The number of allylic oxidation sites excluding steroid dienone is 1. The Labute approximate surface area is 37.4 Å². The van der Waals surface area contributed by atoms with Gasteiger partial charge in [-0.1, -0.05) is 6.08 Å². The van der Waals surface area contributed by atoms with Gasteiger partial charge in [-0.05, 0) is 6.08 Å². The minimum Gasteiger partial charge on any atom is -0.292 e. The maximum atomic E-state index is 3.85. The normalized spacial score (nSPS) is 18.7. The fraction of sp³-hybridized carbons (Fsp3) is 0.200. The van der Waals surface area contributed by atoms with Gasteiger partial charge in [-0.3, -0.25) is 4.99 Å². The van der Waals surface area contributed by atoms with E-state index < -0.39 is 0 Å². The van der Waals surface area contributed by atoms with E-state index in [1.165, 1.54) is 0 Å². The van der Waals surface area contributed by atoms with Crippen molar-refractivity contribution in [1.82, 2.24) is 0 Å². The SMILES string of the molecule is [C]1C=CC=NC1. The summed E-state index contributed by atoms with van der Waals surface area (Å²) in [5.41, 5.74) is 0. The van der Waals surface area contributed by atoms with E-state index in [-0.39, 0.29) is 0 Å². The molecule has 1 aliphatic rings. The van der Waals surface area contributed by atoms with Gasteiger partial charge in [0.2, 0.25) is 0 Å². The van der Waals surface area contributed by atoms with Gasteiger partial charge in [0.1, 0.15) is 0 Å². The van der Waals surface area contributed by atoms with Crippen LogP contribution in [0, 0.1) is 6.42 Å². The van der Waals surface area contributed by atoms with Gasteiger partial charge in [-0.15, -0.1) is 0 Å². The van der Waals surface area contributed by atoms with Gasteiger partial charge in [0, 0.05) is 19.2 Å². The molecule has 0 bridgehead atoms. The highest BCUT2D eigenvalue weighted by atomic mass is 14.7. The molecule has 1 rings (SSSR count). The molecule has 0 aromatic heterocycles. The Kier molecular flexibility index (Phi) is 1.05. The van der Waals surface area contributed by atoms with Crippen LogP contribution in [0.1, 0.15) is 0 Å². The first-order chi connectivity index (χ1) is 3.00. The van der Waals surface area contributed by atoms with Gasteiger partial charge in [-0.25, -0.2) is 0 Å². The van der Waals surface area contributed by atoms with Crippen LogP contribution in [-0.4, -0.2) is 12.8 Å². The van der Waals surface area contributed by atoms with Gasteiger partial charge in [-0.2, -0.15) is 0 Å². The molecule has 0 spiro atoms. The van der Waals surface area contributed by atoms with Gasteiger partial charge in [0.15, 0.2) is 0 Å². The predicted molar refractivity (Wildman–Crippen MR) is 25.7 cm³/mol. The first-order valence-electron chi connectivity index (χ1n) is 1.88. The molecule has 1 heterocycles. The zero-order valence-electron chi connectivity index (χ0n) is 3.39. The van der Waals surface area contributed by atoms with Gasteiger partial charge in [0.25, 0.3) is 0 Å². The van der Waals surface area contributed by atoms with Crippen molar-refractivity contribution < 1.29 is 0 Å². The fourth-order valence-corrected chi connectivity index (χ4v) is 0.330. The molecule has 0 N–H and O–H groups in total. The van der Waals surface area contributed by atoms with Crippen molar-refractivity contribution in [2.24, 2.45) is 4.99 Å². The second-order valence-corrected chi connectivity index (χ2v) is 1.05. The van der Waals surface area contributed by atoms with Crippen LogP contribution < -0.4 is 0 Å². The number of nitrogens with zero attached hydrogens (tertiary/aromatic N) is 1. The lowest BCUT2D eigenvalue weighted by Crippen LogP contribution is -1.83. The fourth-order valence-electron chi connectivity index (χ4n) is 0.330. The quantitative estimate of drug-likeness (QED) is 0.405. The van der Waals surface area contributed by atoms with Crippen molar-refractivity contribution in [1.29, 1.82) is 0 Å². The van der Waals surface area contributed by atoms with Gasteiger partial charge < -0.3 is 0 Å². The third kappa shape index (κ3) is 0.677. The monoisotopic (exact) mass is 79.0 g/mol. The second-order valence-electron chi connectivity index (χ2n) is 1.05. The van der Waals surface area contributed by atoms with Crippen molar-refractivity contribution in [3.8, 4) is 0 Å². The Balaban J connectivity index is 2.46. The number of dihydropyridines is 1. The summed E-state index contributed by atoms with van der Waals surface area (Å²) in [6, 6.07) is 0. The molecule has 0 saturated heterocycles. The molecule has 0 aromatic rings. The summed E-state index contributed by atoms with van der Waals surface area (Å²) in [7, 11) is 0. The van der Waals surface area contributed by atoms with Crippen molar-refractivity contribution in [3.63, 3.8) is 0 Å². The van der Waals surface area contributed by atoms with Crippen LogP contribution in [0.25, 0.3) is 0 Å². The Morgan fingerprint density at radius 2 is 2.67 bits per heavy atom. The smallest absolute Gasteiger partial charge is 0.0499 e. The average Bonchev–Trinajstić information content (AvgIpc) is 1.72. The standard InChI is InChI=1S/C5H5N/c1-2-4-6-5-3-1/h1-2,4H,5H2. The summed E-state index contributed by atoms with van der Waals surface area (Å²) < 4.78 is 0. The first kappa shape index (κ1) is 3.59. The average molecular weight is 79.1 g/mol. The minimum atomic E-state index is 0.733. The van der Waals surface area contributed by atoms with Crippen molar-refractivity contribution in [3.05, 3.63) is 18.6 Å². The van der Waals surface area contributed by atoms with Crippen LogP contribution >= 0.6 is 0 Å². The third-order valence-corrected chi connectivity index (χ3v) is 0.588. The van der Waals surface area contributed by atoms with Crippen molar-refractivity contribution in [2.75, 3.05) is 6.54 Å². The molecule has 2 radical (unpaired) electrons. The highest BCUT2D eigenvalue weighted by Crippen LogP contribution is 1.85. The summed E-state index contributed by atoms with van der Waals surface area (Å²) >= 11 is 0. The topological polar surface area (TPSA) is 12.4 Å². The zero-order chi connectivity index (χ0) is 4.24. The van der Waals surface area contributed by atoms with Crippen LogP contribution in [0.2, 0.25) is 0 Å². The van der Waals surface area contributed by atoms with E-state index in [2.05, 4.69) is 11.4 Å². The van der Waals surface area contributed by atoms with Gasteiger partial charge >= 0.3 is 0 Å². The molecular formula is C5H5N. The molecule has 0 aromatic carbocycles. The molecule has 0 fully saturated rings. The van der Waals surface area contributed by atoms with Gasteiger partial charge in [0.05, 0.1) is 0 Å². The molecule has 0 saturated carbocycles. The molecule has 0 amide bonds. The summed E-state index contributed by atoms with van der Waals surface area (Å²) in [5, 5.41) is 0. The van der Waals surface area contributed by atoms with E-state index >= 15 is 0 Å². The molecule has 0 aliphatic carbocycles. The van der Waals surface area contributed by atoms with Crippen LogP contribution in [0.3, 0.4) is 0 Å². The van der Waals surface area contributed by atoms with Crippen molar-refractivity contribution in [2.45, 2.75) is 0 Å². The Hall–Kier alpha value is -0.590. The molecule has 6 heavy (non-hydrogen) atoms. The Bertz CT molecular complexity index is 69.9. The van der Waals surface area contributed by atoms with Crippen LogP contribution in [0.4, 0.5) is 0 Å². The second kappa shape index (κ2) is 1.75. The zero-order valence-corrected chi connectivity index (χ0v) is 3.39. The highest BCUT2D eigenvalue weighted by Gasteiger charge is 1.79. The summed E-state index contributed by atoms with van der Waals surface area (Å²) in [6.07, 6.45) is 8.41. The van der Waals surface area contributed by atoms with Crippen molar-refractivity contribution >= 4 is 6.21 Å². The summed E-state index contributed by atoms with van der Waals surface area (Å²) in [6.45, 7) is 0.733. The lowest BCUT2D eigenvalue weighted by atomic mass is 10.3. The molecule has 1 nitrogen and oxygen atoms in total. The number of hydrogen-bond donors (Lipinski definition) is 0. The molecule has 1 aliphatic heterocycles. The van der Waals surface area contributed by atoms with Crippen LogP contribution in [-0.2, 0) is 0 Å². The van der Waals surface area contributed by atoms with Crippen LogP contribution in [0.15, 0.2) is 17.1 Å². The largest absolute Gasteiger partial charge is 0.292 e. The highest BCUT2D eigenvalue weighted by molar-refractivity contribution is 5.72. The number of rotatable bonds is 0. The van der Waals surface area contributed by atoms with Crippen LogP contribution in [0.5, 0.6) is 0 Å². The molecule has 0 atom stereocenters. The first-order valence-corrected chi connectivity index (χ1v) is 1.88. The Morgan fingerprint density at radius 1 is 1.67 bits per heavy atom. The molecule has 1 heteroatoms. The van der Waals surface area contributed by atoms with E-state index in [0.717, 1.165) is 6.54 Å². The van der Waals surface area contributed by atoms with E-state index in [0.29, 0.717) is 0 Å². The van der Waals surface area contributed by atoms with E-state index in [9.17, 15) is 0 Å². The molecule has 30 valence electrons. The van der Waals surface area contributed by atoms with E-state index in [4.69, 9.17) is 0 Å². The lowest BCUT2D eigenvalue weighted by Gasteiger charge is -1.87. The van der Waals surface area contributed by atoms with E-state index in [1.54, 1.807) is 6.21 Å². The Morgan fingerprint density at radius 3 is 2.83 bits per heavy atom. The predicted octanol–water partition coefficient (Wildman–Crippen LogP) is 0.708. The summed E-state index contributed by atoms with van der Waals surface area (Å²) in [5.74, 6) is 0.